The highest BCUT2D eigenvalue weighted by atomic mass is 32.2. The predicted octanol–water partition coefficient (Wildman–Crippen LogP) is 3.40. The van der Waals surface area contributed by atoms with Crippen LogP contribution >= 0.6 is 0 Å². The lowest BCUT2D eigenvalue weighted by molar-refractivity contribution is -0.114. The van der Waals surface area contributed by atoms with E-state index in [1.807, 2.05) is 38.1 Å². The molecule has 1 saturated heterocycles. The molecule has 2 aliphatic rings. The van der Waals surface area contributed by atoms with Gasteiger partial charge in [-0.3, -0.25) is 4.79 Å². The van der Waals surface area contributed by atoms with Gasteiger partial charge in [-0.25, -0.2) is 13.2 Å². The molecule has 0 radical (unpaired) electrons. The molecule has 0 aliphatic carbocycles. The van der Waals surface area contributed by atoms with Gasteiger partial charge in [-0.1, -0.05) is 18.2 Å². The zero-order valence-corrected chi connectivity index (χ0v) is 21.0. The fourth-order valence-corrected chi connectivity index (χ4v) is 6.15. The zero-order chi connectivity index (χ0) is 25.2. The molecule has 188 valence electrons. The molecule has 35 heavy (non-hydrogen) atoms. The minimum atomic E-state index is -3.68. The second-order valence-electron chi connectivity index (χ2n) is 9.46. The standard InChI is InChI=1S/C25H32N4O5S/c1-17(2)26-24(31)28-22-16-25(34-23-7-5-4-6-21(22)23)12-14-29(15-13-25)35(32,33)20-10-8-19(9-11-20)27-18(3)30/h4-11,17,22H,12-16H2,1-3H3,(H,27,30)(H2,26,28,31). The van der Waals surface area contributed by atoms with Crippen molar-refractivity contribution in [2.45, 2.75) is 62.6 Å². The van der Waals surface area contributed by atoms with Crippen molar-refractivity contribution < 1.29 is 22.7 Å². The molecular formula is C25H32N4O5S. The summed E-state index contributed by atoms with van der Waals surface area (Å²) < 4.78 is 34.4. The van der Waals surface area contributed by atoms with Crippen molar-refractivity contribution in [3.63, 3.8) is 0 Å². The van der Waals surface area contributed by atoms with Gasteiger partial charge in [-0.2, -0.15) is 4.31 Å². The van der Waals surface area contributed by atoms with Gasteiger partial charge in [0.25, 0.3) is 0 Å². The summed E-state index contributed by atoms with van der Waals surface area (Å²) in [4.78, 5) is 23.9. The summed E-state index contributed by atoms with van der Waals surface area (Å²) >= 11 is 0. The first-order valence-corrected chi connectivity index (χ1v) is 13.2. The van der Waals surface area contributed by atoms with Gasteiger partial charge in [-0.15, -0.1) is 0 Å². The van der Waals surface area contributed by atoms with E-state index in [9.17, 15) is 18.0 Å². The summed E-state index contributed by atoms with van der Waals surface area (Å²) in [5, 5.41) is 8.58. The van der Waals surface area contributed by atoms with Crippen LogP contribution in [-0.4, -0.2) is 49.4 Å². The minimum Gasteiger partial charge on any atom is -0.487 e. The first kappa shape index (κ1) is 25.0. The molecule has 1 spiro atoms. The van der Waals surface area contributed by atoms with E-state index in [-0.39, 0.29) is 28.9 Å². The van der Waals surface area contributed by atoms with Crippen molar-refractivity contribution >= 4 is 27.6 Å². The number of sulfonamides is 1. The topological polar surface area (TPSA) is 117 Å². The van der Waals surface area contributed by atoms with Gasteiger partial charge in [0.05, 0.1) is 10.9 Å². The summed E-state index contributed by atoms with van der Waals surface area (Å²) in [7, 11) is -3.68. The van der Waals surface area contributed by atoms with Crippen LogP contribution in [0, 0.1) is 0 Å². The Labute approximate surface area is 206 Å². The maximum absolute atomic E-state index is 13.2. The zero-order valence-electron chi connectivity index (χ0n) is 20.2. The maximum atomic E-state index is 13.2. The lowest BCUT2D eigenvalue weighted by Gasteiger charge is -2.46. The number of ether oxygens (including phenoxy) is 1. The van der Waals surface area contributed by atoms with E-state index in [2.05, 4.69) is 16.0 Å². The van der Waals surface area contributed by atoms with Crippen LogP contribution < -0.4 is 20.7 Å². The molecule has 3 N–H and O–H groups in total. The third-order valence-corrected chi connectivity index (χ3v) is 8.28. The number of urea groups is 1. The number of hydrogen-bond acceptors (Lipinski definition) is 5. The predicted molar refractivity (Wildman–Crippen MR) is 133 cm³/mol. The molecule has 9 nitrogen and oxygen atoms in total. The SMILES string of the molecule is CC(=O)Nc1ccc(S(=O)(=O)N2CCC3(CC2)CC(NC(=O)NC(C)C)c2ccccc2O3)cc1. The van der Waals surface area contributed by atoms with Gasteiger partial charge in [-0.05, 0) is 44.2 Å². The number of nitrogens with one attached hydrogen (secondary N) is 3. The second kappa shape index (κ2) is 9.87. The first-order chi connectivity index (χ1) is 16.6. The number of anilines is 1. The van der Waals surface area contributed by atoms with E-state index >= 15 is 0 Å². The molecular weight excluding hydrogens is 468 g/mol. The van der Waals surface area contributed by atoms with Gasteiger partial charge in [0.1, 0.15) is 11.4 Å². The number of hydrogen-bond donors (Lipinski definition) is 3. The van der Waals surface area contributed by atoms with Crippen LogP contribution in [0.1, 0.15) is 51.6 Å². The van der Waals surface area contributed by atoms with Gasteiger partial charge in [0.2, 0.25) is 15.9 Å². The van der Waals surface area contributed by atoms with Gasteiger partial charge in [0, 0.05) is 56.6 Å². The molecule has 0 aromatic heterocycles. The Morgan fingerprint density at radius 1 is 1.06 bits per heavy atom. The van der Waals surface area contributed by atoms with Crippen molar-refractivity contribution in [3.05, 3.63) is 54.1 Å². The van der Waals surface area contributed by atoms with Crippen LogP contribution in [-0.2, 0) is 14.8 Å². The number of nitrogens with zero attached hydrogens (tertiary/aromatic N) is 1. The molecule has 4 rings (SSSR count). The lowest BCUT2D eigenvalue weighted by Crippen LogP contribution is -2.54. The highest BCUT2D eigenvalue weighted by Crippen LogP contribution is 2.44. The van der Waals surface area contributed by atoms with E-state index in [1.54, 1.807) is 12.1 Å². The van der Waals surface area contributed by atoms with Crippen molar-refractivity contribution in [1.29, 1.82) is 0 Å². The summed E-state index contributed by atoms with van der Waals surface area (Å²) in [6.45, 7) is 5.83. The fourth-order valence-electron chi connectivity index (χ4n) is 4.71. The van der Waals surface area contributed by atoms with Gasteiger partial charge in [0.15, 0.2) is 0 Å². The average molecular weight is 501 g/mol. The average Bonchev–Trinajstić information content (AvgIpc) is 2.79. The third-order valence-electron chi connectivity index (χ3n) is 6.37. The van der Waals surface area contributed by atoms with Gasteiger partial charge >= 0.3 is 6.03 Å². The van der Waals surface area contributed by atoms with E-state index in [4.69, 9.17) is 4.74 Å². The summed E-state index contributed by atoms with van der Waals surface area (Å²) in [5.41, 5.74) is 0.903. The third kappa shape index (κ3) is 5.59. The van der Waals surface area contributed by atoms with Crippen LogP contribution in [0.15, 0.2) is 53.4 Å². The summed E-state index contributed by atoms with van der Waals surface area (Å²) in [6.07, 6.45) is 1.58. The summed E-state index contributed by atoms with van der Waals surface area (Å²) in [6, 6.07) is 13.4. The first-order valence-electron chi connectivity index (χ1n) is 11.8. The van der Waals surface area contributed by atoms with Gasteiger partial charge < -0.3 is 20.7 Å². The molecule has 0 bridgehead atoms. The van der Waals surface area contributed by atoms with E-state index in [1.165, 1.54) is 23.4 Å². The molecule has 2 aromatic rings. The lowest BCUT2D eigenvalue weighted by atomic mass is 9.81. The largest absolute Gasteiger partial charge is 0.487 e. The number of para-hydroxylation sites is 1. The minimum absolute atomic E-state index is 0.0137. The number of benzene rings is 2. The quantitative estimate of drug-likeness (QED) is 0.582. The molecule has 1 unspecified atom stereocenters. The normalized spacial score (nSPS) is 19.5. The number of piperidine rings is 1. The van der Waals surface area contributed by atoms with Crippen LogP contribution in [0.5, 0.6) is 5.75 Å². The maximum Gasteiger partial charge on any atom is 0.315 e. The Kier molecular flexibility index (Phi) is 7.05. The molecule has 1 fully saturated rings. The Hall–Kier alpha value is -3.11. The Bertz CT molecular complexity index is 1190. The van der Waals surface area contributed by atoms with Crippen molar-refractivity contribution in [2.24, 2.45) is 0 Å². The van der Waals surface area contributed by atoms with E-state index < -0.39 is 15.6 Å². The fraction of sp³-hybridized carbons (Fsp3) is 0.440. The Morgan fingerprint density at radius 3 is 2.34 bits per heavy atom. The molecule has 3 amide bonds. The van der Waals surface area contributed by atoms with E-state index in [0.29, 0.717) is 38.0 Å². The summed E-state index contributed by atoms with van der Waals surface area (Å²) in [5.74, 6) is 0.504. The van der Waals surface area contributed by atoms with Crippen LogP contribution in [0.4, 0.5) is 10.5 Å². The van der Waals surface area contributed by atoms with Crippen LogP contribution in [0.3, 0.4) is 0 Å². The molecule has 1 atom stereocenters. The molecule has 0 saturated carbocycles. The van der Waals surface area contributed by atoms with Crippen LogP contribution in [0.25, 0.3) is 0 Å². The smallest absolute Gasteiger partial charge is 0.315 e. The Balaban J connectivity index is 1.48. The molecule has 10 heteroatoms. The highest BCUT2D eigenvalue weighted by Gasteiger charge is 2.45. The molecule has 2 aromatic carbocycles. The Morgan fingerprint density at radius 2 is 1.71 bits per heavy atom. The van der Waals surface area contributed by atoms with Crippen LogP contribution in [0.2, 0.25) is 0 Å². The highest BCUT2D eigenvalue weighted by molar-refractivity contribution is 7.89. The number of amides is 3. The number of carbonyl (C=O) groups excluding carboxylic acids is 2. The van der Waals surface area contributed by atoms with Crippen molar-refractivity contribution in [2.75, 3.05) is 18.4 Å². The molecule has 2 aliphatic heterocycles. The number of rotatable bonds is 5. The number of carbonyl (C=O) groups is 2. The number of fused-ring (bicyclic) bond motifs is 1. The van der Waals surface area contributed by atoms with Crippen molar-refractivity contribution in [1.82, 2.24) is 14.9 Å². The molecule has 2 heterocycles. The van der Waals surface area contributed by atoms with E-state index in [0.717, 1.165) is 11.3 Å². The second-order valence-corrected chi connectivity index (χ2v) is 11.4. The van der Waals surface area contributed by atoms with Crippen molar-refractivity contribution in [3.8, 4) is 5.75 Å². The monoisotopic (exact) mass is 500 g/mol.